The first kappa shape index (κ1) is 11.8. The summed E-state index contributed by atoms with van der Waals surface area (Å²) in [4.78, 5) is 6.32. The molecular weight excluding hydrogens is 190 g/mol. The van der Waals surface area contributed by atoms with Gasteiger partial charge in [0, 0.05) is 20.2 Å². The van der Waals surface area contributed by atoms with Crippen LogP contribution in [0, 0.1) is 0 Å². The topological polar surface area (TPSA) is 62.4 Å². The van der Waals surface area contributed by atoms with Crippen molar-refractivity contribution >= 4 is 11.5 Å². The molecule has 1 rings (SSSR count). The van der Waals surface area contributed by atoms with Gasteiger partial charge in [-0.05, 0) is 31.4 Å². The van der Waals surface area contributed by atoms with E-state index >= 15 is 0 Å². The van der Waals surface area contributed by atoms with Crippen molar-refractivity contribution in [2.45, 2.75) is 19.3 Å². The fraction of sp³-hybridized carbons (Fsp3) is 0.545. The number of aliphatic hydroxyl groups is 1. The van der Waals surface area contributed by atoms with Crippen LogP contribution in [0.5, 0.6) is 0 Å². The van der Waals surface area contributed by atoms with Crippen LogP contribution in [-0.2, 0) is 0 Å². The summed E-state index contributed by atoms with van der Waals surface area (Å²) in [6, 6.07) is 3.77. The van der Waals surface area contributed by atoms with E-state index < -0.39 is 0 Å². The Hall–Kier alpha value is -1.29. The number of nitrogens with two attached hydrogens (primary N) is 1. The third-order valence-electron chi connectivity index (χ3n) is 2.31. The summed E-state index contributed by atoms with van der Waals surface area (Å²) in [5.41, 5.74) is 6.25. The zero-order valence-electron chi connectivity index (χ0n) is 9.19. The normalized spacial score (nSPS) is 10.3. The zero-order valence-corrected chi connectivity index (χ0v) is 9.19. The predicted octanol–water partition coefficient (Wildman–Crippen LogP) is 1.26. The summed E-state index contributed by atoms with van der Waals surface area (Å²) in [5.74, 6) is 0.938. The average molecular weight is 209 g/mol. The minimum absolute atomic E-state index is 0.282. The molecule has 1 aromatic heterocycles. The number of pyridine rings is 1. The maximum atomic E-state index is 8.64. The van der Waals surface area contributed by atoms with Crippen LogP contribution in [0.3, 0.4) is 0 Å². The van der Waals surface area contributed by atoms with Crippen LogP contribution in [0.15, 0.2) is 18.3 Å². The highest BCUT2D eigenvalue weighted by atomic mass is 16.2. The van der Waals surface area contributed by atoms with E-state index in [0.717, 1.165) is 31.6 Å². The Morgan fingerprint density at radius 2 is 2.13 bits per heavy atom. The molecule has 84 valence electrons. The SMILES string of the molecule is CN(CCCCCO)c1ccc(N)cn1. The number of hydrogen-bond donors (Lipinski definition) is 2. The molecule has 0 aliphatic heterocycles. The maximum Gasteiger partial charge on any atom is 0.128 e. The first-order valence-corrected chi connectivity index (χ1v) is 5.27. The number of aliphatic hydroxyl groups excluding tert-OH is 1. The highest BCUT2D eigenvalue weighted by Crippen LogP contribution is 2.11. The molecule has 4 heteroatoms. The van der Waals surface area contributed by atoms with Crippen molar-refractivity contribution < 1.29 is 5.11 Å². The largest absolute Gasteiger partial charge is 0.397 e. The van der Waals surface area contributed by atoms with Crippen LogP contribution in [0.4, 0.5) is 11.5 Å². The van der Waals surface area contributed by atoms with Gasteiger partial charge in [0.15, 0.2) is 0 Å². The Kier molecular flexibility index (Phi) is 4.90. The molecule has 0 unspecified atom stereocenters. The molecule has 0 saturated carbocycles. The van der Waals surface area contributed by atoms with Crippen LogP contribution in [0.25, 0.3) is 0 Å². The highest BCUT2D eigenvalue weighted by molar-refractivity contribution is 5.45. The fourth-order valence-corrected chi connectivity index (χ4v) is 1.38. The van der Waals surface area contributed by atoms with Crippen molar-refractivity contribution in [2.24, 2.45) is 0 Å². The molecule has 0 saturated heterocycles. The van der Waals surface area contributed by atoms with Gasteiger partial charge in [0.25, 0.3) is 0 Å². The van der Waals surface area contributed by atoms with E-state index in [1.165, 1.54) is 0 Å². The first-order valence-electron chi connectivity index (χ1n) is 5.27. The Bertz CT molecular complexity index is 274. The maximum absolute atomic E-state index is 8.64. The minimum atomic E-state index is 0.282. The highest BCUT2D eigenvalue weighted by Gasteiger charge is 2.00. The third kappa shape index (κ3) is 4.16. The lowest BCUT2D eigenvalue weighted by molar-refractivity contribution is 0.283. The number of aromatic nitrogens is 1. The standard InChI is InChI=1S/C11H19N3O/c1-14(7-3-2-4-8-15)11-6-5-10(12)9-13-11/h5-6,9,15H,2-4,7-8,12H2,1H3. The number of hydrogen-bond acceptors (Lipinski definition) is 4. The van der Waals surface area contributed by atoms with Crippen molar-refractivity contribution in [3.05, 3.63) is 18.3 Å². The number of nitrogen functional groups attached to an aromatic ring is 1. The van der Waals surface area contributed by atoms with Gasteiger partial charge in [0.2, 0.25) is 0 Å². The molecule has 0 bridgehead atoms. The van der Waals surface area contributed by atoms with Gasteiger partial charge in [0.1, 0.15) is 5.82 Å². The van der Waals surface area contributed by atoms with Gasteiger partial charge >= 0.3 is 0 Å². The molecule has 0 spiro atoms. The van der Waals surface area contributed by atoms with Crippen LogP contribution >= 0.6 is 0 Å². The monoisotopic (exact) mass is 209 g/mol. The van der Waals surface area contributed by atoms with Gasteiger partial charge in [-0.3, -0.25) is 0 Å². The van der Waals surface area contributed by atoms with E-state index in [-0.39, 0.29) is 6.61 Å². The summed E-state index contributed by atoms with van der Waals surface area (Å²) in [6.07, 6.45) is 4.67. The summed E-state index contributed by atoms with van der Waals surface area (Å²) < 4.78 is 0. The molecule has 0 aromatic carbocycles. The summed E-state index contributed by atoms with van der Waals surface area (Å²) in [5, 5.41) is 8.64. The molecule has 4 nitrogen and oxygen atoms in total. The lowest BCUT2D eigenvalue weighted by Crippen LogP contribution is -2.19. The molecule has 1 heterocycles. The van der Waals surface area contributed by atoms with E-state index in [0.29, 0.717) is 5.69 Å². The Labute approximate surface area is 90.7 Å². The fourth-order valence-electron chi connectivity index (χ4n) is 1.38. The van der Waals surface area contributed by atoms with Gasteiger partial charge < -0.3 is 15.7 Å². The predicted molar refractivity (Wildman–Crippen MR) is 62.9 cm³/mol. The molecule has 0 radical (unpaired) electrons. The van der Waals surface area contributed by atoms with Crippen molar-refractivity contribution in [3.63, 3.8) is 0 Å². The average Bonchev–Trinajstić information content (AvgIpc) is 2.25. The zero-order chi connectivity index (χ0) is 11.1. The summed E-state index contributed by atoms with van der Waals surface area (Å²) in [7, 11) is 2.01. The van der Waals surface area contributed by atoms with Crippen molar-refractivity contribution in [2.75, 3.05) is 30.8 Å². The second-order valence-electron chi connectivity index (χ2n) is 3.66. The van der Waals surface area contributed by atoms with Crippen molar-refractivity contribution in [3.8, 4) is 0 Å². The Balaban J connectivity index is 2.33. The van der Waals surface area contributed by atoms with Crippen LogP contribution < -0.4 is 10.6 Å². The number of rotatable bonds is 6. The van der Waals surface area contributed by atoms with Gasteiger partial charge in [0.05, 0.1) is 11.9 Å². The molecule has 0 aliphatic rings. The molecule has 3 N–H and O–H groups in total. The molecular formula is C11H19N3O. The van der Waals surface area contributed by atoms with E-state index in [9.17, 15) is 0 Å². The van der Waals surface area contributed by atoms with Gasteiger partial charge in [-0.2, -0.15) is 0 Å². The molecule has 0 amide bonds. The van der Waals surface area contributed by atoms with Crippen LogP contribution in [0.1, 0.15) is 19.3 Å². The van der Waals surface area contributed by atoms with Crippen molar-refractivity contribution in [1.82, 2.24) is 4.98 Å². The second-order valence-corrected chi connectivity index (χ2v) is 3.66. The van der Waals surface area contributed by atoms with E-state index in [4.69, 9.17) is 10.8 Å². The summed E-state index contributed by atoms with van der Waals surface area (Å²) in [6.45, 7) is 1.24. The van der Waals surface area contributed by atoms with E-state index in [2.05, 4.69) is 9.88 Å². The molecule has 0 aliphatic carbocycles. The Morgan fingerprint density at radius 3 is 2.73 bits per heavy atom. The quantitative estimate of drug-likeness (QED) is 0.692. The first-order chi connectivity index (χ1) is 7.24. The van der Waals surface area contributed by atoms with Crippen LogP contribution in [-0.4, -0.2) is 30.3 Å². The third-order valence-corrected chi connectivity index (χ3v) is 2.31. The second kappa shape index (κ2) is 6.24. The molecule has 1 aromatic rings. The molecule has 0 atom stereocenters. The number of anilines is 2. The smallest absolute Gasteiger partial charge is 0.128 e. The molecule has 0 fully saturated rings. The lowest BCUT2D eigenvalue weighted by Gasteiger charge is -2.17. The van der Waals surface area contributed by atoms with Gasteiger partial charge in [-0.25, -0.2) is 4.98 Å². The van der Waals surface area contributed by atoms with Gasteiger partial charge in [-0.15, -0.1) is 0 Å². The van der Waals surface area contributed by atoms with E-state index in [1.54, 1.807) is 6.20 Å². The molecule has 15 heavy (non-hydrogen) atoms. The summed E-state index contributed by atoms with van der Waals surface area (Å²) >= 11 is 0. The Morgan fingerprint density at radius 1 is 1.33 bits per heavy atom. The van der Waals surface area contributed by atoms with Crippen LogP contribution in [0.2, 0.25) is 0 Å². The van der Waals surface area contributed by atoms with Crippen molar-refractivity contribution in [1.29, 1.82) is 0 Å². The minimum Gasteiger partial charge on any atom is -0.397 e. The lowest BCUT2D eigenvalue weighted by atomic mass is 10.2. The number of unbranched alkanes of at least 4 members (excludes halogenated alkanes) is 2. The number of nitrogens with zero attached hydrogens (tertiary/aromatic N) is 2. The van der Waals surface area contributed by atoms with E-state index in [1.807, 2.05) is 19.2 Å². The van der Waals surface area contributed by atoms with Gasteiger partial charge in [-0.1, -0.05) is 0 Å².